The maximum atomic E-state index is 13.0. The molecular formula is C22H24N8O5. The molecule has 0 spiro atoms. The molecule has 1 aromatic carbocycles. The van der Waals surface area contributed by atoms with E-state index in [0.29, 0.717) is 12.2 Å². The van der Waals surface area contributed by atoms with Crippen molar-refractivity contribution in [1.29, 1.82) is 0 Å². The molecule has 4 heterocycles. The van der Waals surface area contributed by atoms with Crippen LogP contribution in [0.25, 0.3) is 0 Å². The fourth-order valence-corrected chi connectivity index (χ4v) is 4.35. The number of hydrogen-bond donors (Lipinski definition) is 4. The predicted octanol–water partition coefficient (Wildman–Crippen LogP) is 1.70. The van der Waals surface area contributed by atoms with E-state index in [2.05, 4.69) is 26.5 Å². The number of nitrogens with zero attached hydrogens (tertiary/aromatic N) is 4. The van der Waals surface area contributed by atoms with E-state index < -0.39 is 23.0 Å². The molecule has 3 unspecified atom stereocenters. The third-order valence-electron chi connectivity index (χ3n) is 6.26. The number of nitro groups is 1. The van der Waals surface area contributed by atoms with Crippen LogP contribution in [0.5, 0.6) is 0 Å². The molecule has 2 fully saturated rings. The lowest BCUT2D eigenvalue weighted by Crippen LogP contribution is -2.62. The first-order valence-corrected chi connectivity index (χ1v) is 11.0. The van der Waals surface area contributed by atoms with Gasteiger partial charge in [-0.25, -0.2) is 10.1 Å². The van der Waals surface area contributed by atoms with Crippen molar-refractivity contribution in [1.82, 2.24) is 25.8 Å². The normalized spacial score (nSPS) is 21.5. The lowest BCUT2D eigenvalue weighted by Gasteiger charge is -2.38. The highest BCUT2D eigenvalue weighted by Crippen LogP contribution is 2.31. The van der Waals surface area contributed by atoms with Gasteiger partial charge in [-0.15, -0.1) is 0 Å². The fraction of sp³-hybridized carbons (Fsp3) is 0.318. The van der Waals surface area contributed by atoms with Crippen molar-refractivity contribution >= 4 is 29.2 Å². The highest BCUT2D eigenvalue weighted by Gasteiger charge is 2.45. The summed E-state index contributed by atoms with van der Waals surface area (Å²) in [6.45, 7) is 6.27. The van der Waals surface area contributed by atoms with Crippen LogP contribution >= 0.6 is 0 Å². The molecule has 0 bridgehead atoms. The van der Waals surface area contributed by atoms with Gasteiger partial charge in [0.2, 0.25) is 5.91 Å². The van der Waals surface area contributed by atoms with Crippen LogP contribution in [-0.4, -0.2) is 39.2 Å². The first-order valence-electron chi connectivity index (χ1n) is 11.0. The summed E-state index contributed by atoms with van der Waals surface area (Å²) in [7, 11) is 0. The Bertz CT molecular complexity index is 1330. The zero-order valence-corrected chi connectivity index (χ0v) is 19.2. The van der Waals surface area contributed by atoms with Crippen LogP contribution in [0.1, 0.15) is 33.7 Å². The quantitative estimate of drug-likeness (QED) is 0.315. The van der Waals surface area contributed by atoms with Gasteiger partial charge in [-0.2, -0.15) is 5.10 Å². The van der Waals surface area contributed by atoms with Crippen LogP contribution < -0.4 is 26.4 Å². The number of carbonyl (C=O) groups is 2. The minimum atomic E-state index is -0.758. The lowest BCUT2D eigenvalue weighted by molar-refractivity contribution is -0.402. The van der Waals surface area contributed by atoms with Crippen molar-refractivity contribution < 1.29 is 18.9 Å². The first kappa shape index (κ1) is 22.6. The Labute approximate surface area is 199 Å². The van der Waals surface area contributed by atoms with Crippen LogP contribution in [-0.2, 0) is 4.79 Å². The molecule has 13 nitrogen and oxygen atoms in total. The minimum absolute atomic E-state index is 0.161. The number of aryl methyl sites for hydroxylation is 2. The molecule has 2 aliphatic heterocycles. The second-order valence-electron chi connectivity index (χ2n) is 8.55. The number of rotatable bonds is 5. The van der Waals surface area contributed by atoms with Gasteiger partial charge in [0.05, 0.1) is 23.4 Å². The molecule has 13 heteroatoms. The number of hydrogen-bond acceptors (Lipinski definition) is 9. The van der Waals surface area contributed by atoms with E-state index in [1.54, 1.807) is 13.0 Å². The second-order valence-corrected chi connectivity index (χ2v) is 8.55. The molecule has 0 aliphatic carbocycles. The Morgan fingerprint density at radius 1 is 1.26 bits per heavy atom. The zero-order valence-electron chi connectivity index (χ0n) is 19.2. The van der Waals surface area contributed by atoms with Gasteiger partial charge in [-0.05, 0) is 44.0 Å². The summed E-state index contributed by atoms with van der Waals surface area (Å²) in [4.78, 5) is 35.8. The first-order chi connectivity index (χ1) is 16.7. The van der Waals surface area contributed by atoms with E-state index in [1.807, 2.05) is 37.1 Å². The Kier molecular flexibility index (Phi) is 5.49. The number of amides is 2. The highest BCUT2D eigenvalue weighted by atomic mass is 16.6. The molecule has 2 aliphatic rings. The second kappa shape index (κ2) is 8.52. The molecule has 2 amide bonds. The Morgan fingerprint density at radius 2 is 2.06 bits per heavy atom. The van der Waals surface area contributed by atoms with Crippen LogP contribution in [0.15, 0.2) is 40.8 Å². The zero-order chi connectivity index (χ0) is 24.9. The Balaban J connectivity index is 1.40. The number of aromatic nitrogens is 2. The Hall–Kier alpha value is -4.23. The summed E-state index contributed by atoms with van der Waals surface area (Å²) in [6.07, 6.45) is -1.12. The number of furan rings is 1. The molecule has 2 aromatic heterocycles. The smallest absolute Gasteiger partial charge is 0.395 e. The van der Waals surface area contributed by atoms with Gasteiger partial charge in [0.25, 0.3) is 5.91 Å². The Morgan fingerprint density at radius 3 is 2.80 bits per heavy atom. The monoisotopic (exact) mass is 480 g/mol. The van der Waals surface area contributed by atoms with E-state index in [4.69, 9.17) is 4.42 Å². The maximum absolute atomic E-state index is 13.0. The summed E-state index contributed by atoms with van der Waals surface area (Å²) in [5.41, 5.74) is 7.10. The van der Waals surface area contributed by atoms with Crippen molar-refractivity contribution in [3.05, 3.63) is 69.1 Å². The van der Waals surface area contributed by atoms with Crippen molar-refractivity contribution in [2.75, 3.05) is 16.9 Å². The topological polar surface area (TPSA) is 160 Å². The molecule has 182 valence electrons. The SMILES string of the molecule is Cc1cc(NC(=O)c2ccc([N+](=O)[O-])o2)n(C2NC(=O)C3CNN(c4cccc(C)c4C)C3N2)n1. The standard InChI is InChI=1S/C22H24N8O5/c1-11-5-4-6-15(13(11)3)28-19-14(10-23-28)20(31)26-22(25-19)29-17(9-12(2)27-29)24-21(32)16-7-8-18(35-16)30(33)34/h4-9,14,19,22-23,25H,10H2,1-3H3,(H,24,32)(H,26,31). The number of anilines is 2. The molecule has 35 heavy (non-hydrogen) atoms. The van der Waals surface area contributed by atoms with Gasteiger partial charge in [0.1, 0.15) is 16.9 Å². The van der Waals surface area contributed by atoms with Gasteiger partial charge in [0.15, 0.2) is 12.0 Å². The molecule has 2 saturated heterocycles. The van der Waals surface area contributed by atoms with Gasteiger partial charge in [-0.3, -0.25) is 30.0 Å². The summed E-state index contributed by atoms with van der Waals surface area (Å²) in [5, 5.41) is 26.2. The van der Waals surface area contributed by atoms with E-state index in [9.17, 15) is 19.7 Å². The predicted molar refractivity (Wildman–Crippen MR) is 124 cm³/mol. The van der Waals surface area contributed by atoms with E-state index in [-0.39, 0.29) is 29.6 Å². The summed E-state index contributed by atoms with van der Waals surface area (Å²) >= 11 is 0. The highest BCUT2D eigenvalue weighted by molar-refractivity contribution is 6.02. The largest absolute Gasteiger partial charge is 0.433 e. The van der Waals surface area contributed by atoms with Gasteiger partial charge in [0, 0.05) is 12.6 Å². The van der Waals surface area contributed by atoms with Gasteiger partial charge < -0.3 is 15.1 Å². The van der Waals surface area contributed by atoms with Crippen LogP contribution in [0.3, 0.4) is 0 Å². The number of nitrogens with one attached hydrogen (secondary N) is 4. The average Bonchev–Trinajstić information content (AvgIpc) is 3.54. The molecular weight excluding hydrogens is 456 g/mol. The summed E-state index contributed by atoms with van der Waals surface area (Å²) in [5.74, 6) is -1.65. The minimum Gasteiger partial charge on any atom is -0.395 e. The van der Waals surface area contributed by atoms with Crippen LogP contribution in [0.4, 0.5) is 17.4 Å². The van der Waals surface area contributed by atoms with Crippen molar-refractivity contribution in [3.8, 4) is 0 Å². The van der Waals surface area contributed by atoms with Crippen molar-refractivity contribution in [3.63, 3.8) is 0 Å². The number of benzene rings is 1. The van der Waals surface area contributed by atoms with Crippen LogP contribution in [0, 0.1) is 36.8 Å². The van der Waals surface area contributed by atoms with E-state index in [1.165, 1.54) is 10.7 Å². The molecule has 3 atom stereocenters. The third kappa shape index (κ3) is 4.00. The third-order valence-corrected chi connectivity index (χ3v) is 6.26. The summed E-state index contributed by atoms with van der Waals surface area (Å²) < 4.78 is 6.44. The van der Waals surface area contributed by atoms with E-state index >= 15 is 0 Å². The summed E-state index contributed by atoms with van der Waals surface area (Å²) in [6, 6.07) is 9.95. The molecule has 4 N–H and O–H groups in total. The van der Waals surface area contributed by atoms with Gasteiger partial charge >= 0.3 is 5.88 Å². The number of fused-ring (bicyclic) bond motifs is 1. The molecule has 0 radical (unpaired) electrons. The van der Waals surface area contributed by atoms with Crippen molar-refractivity contribution in [2.24, 2.45) is 5.92 Å². The molecule has 0 saturated carbocycles. The maximum Gasteiger partial charge on any atom is 0.433 e. The molecule has 3 aromatic rings. The lowest BCUT2D eigenvalue weighted by atomic mass is 10.0. The van der Waals surface area contributed by atoms with Crippen molar-refractivity contribution in [2.45, 2.75) is 33.2 Å². The number of carbonyl (C=O) groups excluding carboxylic acids is 2. The number of hydrazine groups is 1. The molecule has 5 rings (SSSR count). The fourth-order valence-electron chi connectivity index (χ4n) is 4.35. The van der Waals surface area contributed by atoms with Crippen LogP contribution in [0.2, 0.25) is 0 Å². The van der Waals surface area contributed by atoms with E-state index in [0.717, 1.165) is 22.9 Å². The average molecular weight is 480 g/mol. The van der Waals surface area contributed by atoms with Gasteiger partial charge in [-0.1, -0.05) is 12.1 Å².